The number of esters is 1. The smallest absolute Gasteiger partial charge is 0.327 e. The van der Waals surface area contributed by atoms with Gasteiger partial charge in [0.1, 0.15) is 11.9 Å². The number of benzene rings is 1. The number of hydrogen-bond acceptors (Lipinski definition) is 4. The lowest BCUT2D eigenvalue weighted by molar-refractivity contribution is -0.147. The highest BCUT2D eigenvalue weighted by Gasteiger charge is 2.30. The van der Waals surface area contributed by atoms with Crippen LogP contribution in [0.15, 0.2) is 18.2 Å². The Kier molecular flexibility index (Phi) is 4.50. The van der Waals surface area contributed by atoms with E-state index in [1.807, 2.05) is 11.8 Å². The summed E-state index contributed by atoms with van der Waals surface area (Å²) >= 11 is 0. The van der Waals surface area contributed by atoms with Crippen LogP contribution >= 0.6 is 0 Å². The average molecular weight is 266 g/mol. The first kappa shape index (κ1) is 14.0. The second kappa shape index (κ2) is 6.12. The molecule has 0 aliphatic carbocycles. The number of hydrogen-bond donors (Lipinski definition) is 1. The minimum atomic E-state index is -0.525. The van der Waals surface area contributed by atoms with Crippen molar-refractivity contribution >= 4 is 5.97 Å². The summed E-state index contributed by atoms with van der Waals surface area (Å²) < 4.78 is 18.4. The molecular formula is C14H19FN2O2. The van der Waals surface area contributed by atoms with Gasteiger partial charge in [-0.25, -0.2) is 9.18 Å². The third-order valence-electron chi connectivity index (χ3n) is 3.48. The van der Waals surface area contributed by atoms with Crippen LogP contribution in [0.4, 0.5) is 4.39 Å². The number of piperazine rings is 1. The number of halogens is 1. The molecule has 0 saturated carbocycles. The van der Waals surface area contributed by atoms with E-state index in [9.17, 15) is 9.18 Å². The highest BCUT2D eigenvalue weighted by Crippen LogP contribution is 2.26. The van der Waals surface area contributed by atoms with Crippen molar-refractivity contribution in [2.24, 2.45) is 0 Å². The standard InChI is InChI=1S/C14H19FN2O2/c1-10-3-4-11(15)9-12(10)13(14(18)19-2)17-7-5-16-6-8-17/h3-4,9,13,16H,5-8H2,1-2H3. The zero-order valence-corrected chi connectivity index (χ0v) is 11.3. The Labute approximate surface area is 112 Å². The molecule has 0 spiro atoms. The van der Waals surface area contributed by atoms with Crippen molar-refractivity contribution in [1.82, 2.24) is 10.2 Å². The summed E-state index contributed by atoms with van der Waals surface area (Å²) in [5, 5.41) is 3.24. The third kappa shape index (κ3) is 3.11. The molecule has 1 heterocycles. The van der Waals surface area contributed by atoms with E-state index < -0.39 is 6.04 Å². The van der Waals surface area contributed by atoms with Crippen molar-refractivity contribution in [3.05, 3.63) is 35.1 Å². The highest BCUT2D eigenvalue weighted by atomic mass is 19.1. The van der Waals surface area contributed by atoms with Crippen LogP contribution in [0.5, 0.6) is 0 Å². The Morgan fingerprint density at radius 3 is 2.74 bits per heavy atom. The largest absolute Gasteiger partial charge is 0.468 e. The molecule has 0 bridgehead atoms. The van der Waals surface area contributed by atoms with Gasteiger partial charge in [0.15, 0.2) is 0 Å². The molecular weight excluding hydrogens is 247 g/mol. The zero-order valence-electron chi connectivity index (χ0n) is 11.3. The maximum absolute atomic E-state index is 13.5. The third-order valence-corrected chi connectivity index (χ3v) is 3.48. The first-order valence-electron chi connectivity index (χ1n) is 6.42. The van der Waals surface area contributed by atoms with E-state index in [2.05, 4.69) is 5.32 Å². The molecule has 1 aromatic carbocycles. The van der Waals surface area contributed by atoms with Crippen LogP contribution in [-0.4, -0.2) is 44.2 Å². The second-order valence-corrected chi connectivity index (χ2v) is 4.71. The Balaban J connectivity index is 2.36. The van der Waals surface area contributed by atoms with E-state index in [1.54, 1.807) is 6.07 Å². The van der Waals surface area contributed by atoms with Crippen LogP contribution in [0, 0.1) is 12.7 Å². The topological polar surface area (TPSA) is 41.6 Å². The predicted octanol–water partition coefficient (Wildman–Crippen LogP) is 1.25. The number of carbonyl (C=O) groups is 1. The van der Waals surface area contributed by atoms with Crippen LogP contribution in [0.1, 0.15) is 17.2 Å². The van der Waals surface area contributed by atoms with Gasteiger partial charge >= 0.3 is 5.97 Å². The maximum Gasteiger partial charge on any atom is 0.327 e. The van der Waals surface area contributed by atoms with E-state index in [-0.39, 0.29) is 11.8 Å². The van der Waals surface area contributed by atoms with Crippen molar-refractivity contribution < 1.29 is 13.9 Å². The van der Waals surface area contributed by atoms with E-state index >= 15 is 0 Å². The van der Waals surface area contributed by atoms with Crippen LogP contribution in [-0.2, 0) is 9.53 Å². The molecule has 1 aromatic rings. The van der Waals surface area contributed by atoms with Crippen molar-refractivity contribution in [3.8, 4) is 0 Å². The fraction of sp³-hybridized carbons (Fsp3) is 0.500. The normalized spacial score (nSPS) is 18.1. The fourth-order valence-corrected chi connectivity index (χ4v) is 2.43. The molecule has 4 nitrogen and oxygen atoms in total. The van der Waals surface area contributed by atoms with Gasteiger partial charge < -0.3 is 10.1 Å². The van der Waals surface area contributed by atoms with Crippen LogP contribution in [0.2, 0.25) is 0 Å². The van der Waals surface area contributed by atoms with Crippen molar-refractivity contribution in [2.45, 2.75) is 13.0 Å². The molecule has 0 aromatic heterocycles. The van der Waals surface area contributed by atoms with Gasteiger partial charge in [-0.05, 0) is 30.2 Å². The first-order valence-corrected chi connectivity index (χ1v) is 6.42. The molecule has 1 N–H and O–H groups in total. The summed E-state index contributed by atoms with van der Waals surface area (Å²) in [5.74, 6) is -0.666. The van der Waals surface area contributed by atoms with Gasteiger partial charge in [-0.15, -0.1) is 0 Å². The number of ether oxygens (including phenoxy) is 1. The highest BCUT2D eigenvalue weighted by molar-refractivity contribution is 5.78. The summed E-state index contributed by atoms with van der Waals surface area (Å²) in [6.07, 6.45) is 0. The molecule has 1 unspecified atom stereocenters. The Morgan fingerprint density at radius 2 is 2.11 bits per heavy atom. The van der Waals surface area contributed by atoms with Crippen LogP contribution in [0.3, 0.4) is 0 Å². The number of aryl methyl sites for hydroxylation is 1. The van der Waals surface area contributed by atoms with E-state index in [1.165, 1.54) is 19.2 Å². The van der Waals surface area contributed by atoms with Gasteiger partial charge in [-0.1, -0.05) is 6.07 Å². The van der Waals surface area contributed by atoms with Gasteiger partial charge in [0.2, 0.25) is 0 Å². The van der Waals surface area contributed by atoms with Gasteiger partial charge in [0.05, 0.1) is 7.11 Å². The number of nitrogens with zero attached hydrogens (tertiary/aromatic N) is 1. The molecule has 1 fully saturated rings. The molecule has 2 rings (SSSR count). The Hall–Kier alpha value is -1.46. The molecule has 1 atom stereocenters. The molecule has 1 aliphatic rings. The maximum atomic E-state index is 13.5. The van der Waals surface area contributed by atoms with Gasteiger partial charge in [0, 0.05) is 26.2 Å². The lowest BCUT2D eigenvalue weighted by atomic mass is 9.99. The van der Waals surface area contributed by atoms with Crippen LogP contribution in [0.25, 0.3) is 0 Å². The second-order valence-electron chi connectivity index (χ2n) is 4.71. The monoisotopic (exact) mass is 266 g/mol. The van der Waals surface area contributed by atoms with Crippen molar-refractivity contribution in [3.63, 3.8) is 0 Å². The minimum Gasteiger partial charge on any atom is -0.468 e. The summed E-state index contributed by atoms with van der Waals surface area (Å²) in [7, 11) is 1.37. The number of carbonyl (C=O) groups excluding carboxylic acids is 1. The fourth-order valence-electron chi connectivity index (χ4n) is 2.43. The first-order chi connectivity index (χ1) is 9.13. The number of nitrogens with one attached hydrogen (secondary N) is 1. The molecule has 0 amide bonds. The molecule has 1 saturated heterocycles. The lowest BCUT2D eigenvalue weighted by Gasteiger charge is -2.34. The van der Waals surface area contributed by atoms with Crippen molar-refractivity contribution in [2.75, 3.05) is 33.3 Å². The van der Waals surface area contributed by atoms with Crippen LogP contribution < -0.4 is 5.32 Å². The molecule has 19 heavy (non-hydrogen) atoms. The summed E-state index contributed by atoms with van der Waals surface area (Å²) in [4.78, 5) is 14.1. The summed E-state index contributed by atoms with van der Waals surface area (Å²) in [5.41, 5.74) is 1.59. The minimum absolute atomic E-state index is 0.329. The van der Waals surface area contributed by atoms with Gasteiger partial charge in [0.25, 0.3) is 0 Å². The van der Waals surface area contributed by atoms with Crippen molar-refractivity contribution in [1.29, 1.82) is 0 Å². The lowest BCUT2D eigenvalue weighted by Crippen LogP contribution is -2.47. The van der Waals surface area contributed by atoms with E-state index in [4.69, 9.17) is 4.74 Å². The zero-order chi connectivity index (χ0) is 13.8. The number of methoxy groups -OCH3 is 1. The molecule has 5 heteroatoms. The Bertz CT molecular complexity index is 459. The SMILES string of the molecule is COC(=O)C(c1cc(F)ccc1C)N1CCNCC1. The van der Waals surface area contributed by atoms with Gasteiger partial charge in [-0.3, -0.25) is 4.90 Å². The van der Waals surface area contributed by atoms with Gasteiger partial charge in [-0.2, -0.15) is 0 Å². The van der Waals surface area contributed by atoms with E-state index in [0.29, 0.717) is 5.56 Å². The number of rotatable bonds is 3. The quantitative estimate of drug-likeness (QED) is 0.836. The predicted molar refractivity (Wildman–Crippen MR) is 70.3 cm³/mol. The molecule has 104 valence electrons. The molecule has 0 radical (unpaired) electrons. The summed E-state index contributed by atoms with van der Waals surface area (Å²) in [6, 6.07) is 4.01. The summed E-state index contributed by atoms with van der Waals surface area (Å²) in [6.45, 7) is 5.02. The molecule has 1 aliphatic heterocycles. The Morgan fingerprint density at radius 1 is 1.42 bits per heavy atom. The van der Waals surface area contributed by atoms with E-state index in [0.717, 1.165) is 31.7 Å². The average Bonchev–Trinajstić information content (AvgIpc) is 2.44.